The molecule has 0 unspecified atom stereocenters. The number of carbonyl (C=O) groups is 2. The van der Waals surface area contributed by atoms with Crippen molar-refractivity contribution in [3.63, 3.8) is 0 Å². The number of amides is 1. The average molecular weight is 409 g/mol. The first-order valence-electron chi connectivity index (χ1n) is 9.96. The van der Waals surface area contributed by atoms with Crippen LogP contribution < -0.4 is 10.5 Å². The van der Waals surface area contributed by atoms with Crippen molar-refractivity contribution in [1.29, 1.82) is 0 Å². The number of aryl methyl sites for hydroxylation is 1. The Kier molecular flexibility index (Phi) is 6.44. The second-order valence-electron chi connectivity index (χ2n) is 7.74. The minimum Gasteiger partial charge on any atom is -0.471 e. The van der Waals surface area contributed by atoms with Crippen molar-refractivity contribution < 1.29 is 14.3 Å². The lowest BCUT2D eigenvalue weighted by Gasteiger charge is -2.29. The Morgan fingerprint density at radius 2 is 2.03 bits per heavy atom. The van der Waals surface area contributed by atoms with E-state index in [0.717, 1.165) is 17.0 Å². The zero-order valence-electron chi connectivity index (χ0n) is 17.8. The molecule has 0 saturated heterocycles. The highest BCUT2D eigenvalue weighted by molar-refractivity contribution is 6.00. The van der Waals surface area contributed by atoms with Crippen molar-refractivity contribution in [2.45, 2.75) is 40.7 Å². The van der Waals surface area contributed by atoms with Gasteiger partial charge in [0.2, 0.25) is 11.8 Å². The molecule has 3 rings (SSSR count). The molecule has 3 heterocycles. The van der Waals surface area contributed by atoms with E-state index in [1.807, 2.05) is 39.0 Å². The number of ketones is 1. The molecule has 1 aliphatic heterocycles. The molecule has 158 valence electrons. The molecule has 2 aromatic rings. The van der Waals surface area contributed by atoms with Crippen LogP contribution in [0.1, 0.15) is 43.3 Å². The van der Waals surface area contributed by atoms with Crippen LogP contribution in [0.2, 0.25) is 0 Å². The van der Waals surface area contributed by atoms with Crippen LogP contribution in [0.3, 0.4) is 0 Å². The van der Waals surface area contributed by atoms with Crippen molar-refractivity contribution in [3.8, 4) is 5.88 Å². The molecule has 2 aromatic heterocycles. The molecule has 0 aliphatic carbocycles. The molecular formula is C22H27N5O3. The maximum atomic E-state index is 12.2. The summed E-state index contributed by atoms with van der Waals surface area (Å²) in [5.74, 6) is 0.209. The van der Waals surface area contributed by atoms with Crippen LogP contribution in [0.4, 0.5) is 0 Å². The smallest absolute Gasteiger partial charge is 0.234 e. The Hall–Kier alpha value is -3.29. The summed E-state index contributed by atoms with van der Waals surface area (Å²) in [6.07, 6.45) is 2.32. The summed E-state index contributed by atoms with van der Waals surface area (Å²) in [5, 5.41) is 8.34. The SMILES string of the molecule is CC(=O)/C(COc1cc2c(nn1)CN(C(=O)C(C)C)CC2)=C(\N)c1ccc(C)nc1. The largest absolute Gasteiger partial charge is 0.471 e. The number of Topliss-reactive ketones (excluding diaryl/α,β-unsaturated/α-hetero) is 1. The van der Waals surface area contributed by atoms with E-state index in [2.05, 4.69) is 15.2 Å². The molecule has 8 heteroatoms. The van der Waals surface area contributed by atoms with E-state index >= 15 is 0 Å². The summed E-state index contributed by atoms with van der Waals surface area (Å²) in [7, 11) is 0. The number of fused-ring (bicyclic) bond motifs is 1. The van der Waals surface area contributed by atoms with E-state index in [9.17, 15) is 9.59 Å². The van der Waals surface area contributed by atoms with Gasteiger partial charge < -0.3 is 15.4 Å². The fraction of sp³-hybridized carbons (Fsp3) is 0.409. The number of nitrogens with zero attached hydrogens (tertiary/aromatic N) is 4. The highest BCUT2D eigenvalue weighted by Crippen LogP contribution is 2.22. The maximum absolute atomic E-state index is 12.2. The number of hydrogen-bond donors (Lipinski definition) is 1. The van der Waals surface area contributed by atoms with Gasteiger partial charge in [-0.05, 0) is 38.0 Å². The van der Waals surface area contributed by atoms with Gasteiger partial charge in [0.15, 0.2) is 5.78 Å². The number of ether oxygens (including phenoxy) is 1. The van der Waals surface area contributed by atoms with Gasteiger partial charge in [0.25, 0.3) is 0 Å². The minimum atomic E-state index is -0.179. The van der Waals surface area contributed by atoms with Crippen molar-refractivity contribution in [2.24, 2.45) is 11.7 Å². The summed E-state index contributed by atoms with van der Waals surface area (Å²) in [6.45, 7) is 8.18. The molecule has 0 saturated carbocycles. The number of hydrogen-bond acceptors (Lipinski definition) is 7. The van der Waals surface area contributed by atoms with Crippen LogP contribution >= 0.6 is 0 Å². The van der Waals surface area contributed by atoms with Gasteiger partial charge in [-0.3, -0.25) is 14.6 Å². The molecule has 30 heavy (non-hydrogen) atoms. The molecular weight excluding hydrogens is 382 g/mol. The second-order valence-corrected chi connectivity index (χ2v) is 7.74. The molecule has 1 amide bonds. The third-order valence-corrected chi connectivity index (χ3v) is 5.07. The monoisotopic (exact) mass is 409 g/mol. The molecule has 0 bridgehead atoms. The number of aromatic nitrogens is 3. The molecule has 8 nitrogen and oxygen atoms in total. The van der Waals surface area contributed by atoms with Crippen LogP contribution in [0, 0.1) is 12.8 Å². The van der Waals surface area contributed by atoms with Crippen molar-refractivity contribution in [3.05, 3.63) is 52.5 Å². The zero-order chi connectivity index (χ0) is 21.8. The van der Waals surface area contributed by atoms with Crippen LogP contribution in [0.25, 0.3) is 5.70 Å². The molecule has 0 spiro atoms. The molecule has 0 atom stereocenters. The van der Waals surface area contributed by atoms with E-state index < -0.39 is 0 Å². The Morgan fingerprint density at radius 1 is 1.27 bits per heavy atom. The van der Waals surface area contributed by atoms with Gasteiger partial charge in [-0.15, -0.1) is 10.2 Å². The number of carbonyl (C=O) groups excluding carboxylic acids is 2. The second kappa shape index (κ2) is 9.02. The Bertz CT molecular complexity index is 983. The lowest BCUT2D eigenvalue weighted by Crippen LogP contribution is -2.38. The van der Waals surface area contributed by atoms with Gasteiger partial charge in [0, 0.05) is 36.0 Å². The van der Waals surface area contributed by atoms with Crippen molar-refractivity contribution >= 4 is 17.4 Å². The third kappa shape index (κ3) is 4.82. The molecule has 0 fully saturated rings. The van der Waals surface area contributed by atoms with Crippen molar-refractivity contribution in [1.82, 2.24) is 20.1 Å². The molecule has 0 aromatic carbocycles. The van der Waals surface area contributed by atoms with E-state index in [4.69, 9.17) is 10.5 Å². The quantitative estimate of drug-likeness (QED) is 0.727. The van der Waals surface area contributed by atoms with Gasteiger partial charge in [-0.2, -0.15) is 0 Å². The maximum Gasteiger partial charge on any atom is 0.234 e. The third-order valence-electron chi connectivity index (χ3n) is 5.07. The normalized spacial score (nSPS) is 14.2. The van der Waals surface area contributed by atoms with Gasteiger partial charge in [-0.1, -0.05) is 13.8 Å². The first kappa shape index (κ1) is 21.4. The van der Waals surface area contributed by atoms with Gasteiger partial charge in [0.1, 0.15) is 6.61 Å². The lowest BCUT2D eigenvalue weighted by molar-refractivity contribution is -0.135. The van der Waals surface area contributed by atoms with E-state index in [-0.39, 0.29) is 24.2 Å². The lowest BCUT2D eigenvalue weighted by atomic mass is 10.0. The predicted octanol–water partition coefficient (Wildman–Crippen LogP) is 2.06. The molecule has 0 radical (unpaired) electrons. The summed E-state index contributed by atoms with van der Waals surface area (Å²) >= 11 is 0. The zero-order valence-corrected chi connectivity index (χ0v) is 17.8. The van der Waals surface area contributed by atoms with Crippen LogP contribution in [0.5, 0.6) is 5.88 Å². The van der Waals surface area contributed by atoms with Gasteiger partial charge >= 0.3 is 0 Å². The van der Waals surface area contributed by atoms with Gasteiger partial charge in [-0.25, -0.2) is 0 Å². The molecule has 1 aliphatic rings. The van der Waals surface area contributed by atoms with E-state index in [1.165, 1.54) is 6.92 Å². The summed E-state index contributed by atoms with van der Waals surface area (Å²) in [4.78, 5) is 30.4. The number of nitrogens with two attached hydrogens (primary N) is 1. The highest BCUT2D eigenvalue weighted by Gasteiger charge is 2.24. The molecule has 2 N–H and O–H groups in total. The summed E-state index contributed by atoms with van der Waals surface area (Å²) in [5.41, 5.74) is 10.2. The fourth-order valence-corrected chi connectivity index (χ4v) is 3.24. The summed E-state index contributed by atoms with van der Waals surface area (Å²) in [6, 6.07) is 5.48. The highest BCUT2D eigenvalue weighted by atomic mass is 16.5. The first-order valence-corrected chi connectivity index (χ1v) is 9.96. The standard InChI is InChI=1S/C22H27N5O3/c1-13(2)22(29)27-8-7-16-9-20(26-25-19(16)11-27)30-12-18(15(4)28)21(23)17-6-5-14(3)24-10-17/h5-6,9-10,13H,7-8,11-12,23H2,1-4H3/b21-18-. The van der Waals surface area contributed by atoms with E-state index in [1.54, 1.807) is 11.1 Å². The fourth-order valence-electron chi connectivity index (χ4n) is 3.24. The van der Waals surface area contributed by atoms with E-state index in [0.29, 0.717) is 42.2 Å². The summed E-state index contributed by atoms with van der Waals surface area (Å²) < 4.78 is 5.74. The first-order chi connectivity index (χ1) is 14.3. The van der Waals surface area contributed by atoms with Crippen LogP contribution in [-0.2, 0) is 22.6 Å². The van der Waals surface area contributed by atoms with Crippen molar-refractivity contribution in [2.75, 3.05) is 13.2 Å². The Labute approximate surface area is 176 Å². The Morgan fingerprint density at radius 3 is 2.67 bits per heavy atom. The van der Waals surface area contributed by atoms with Crippen LogP contribution in [-0.4, -0.2) is 44.9 Å². The predicted molar refractivity (Wildman–Crippen MR) is 112 cm³/mol. The Balaban J connectivity index is 1.73. The number of rotatable bonds is 6. The average Bonchev–Trinajstić information content (AvgIpc) is 2.73. The minimum absolute atomic E-state index is 0.0134. The van der Waals surface area contributed by atoms with Crippen LogP contribution in [0.15, 0.2) is 30.0 Å². The number of pyridine rings is 1. The topological polar surface area (TPSA) is 111 Å². The van der Waals surface area contributed by atoms with Gasteiger partial charge in [0.05, 0.1) is 23.5 Å².